The topological polar surface area (TPSA) is 76.0 Å². The molecule has 1 amide bonds. The second-order valence-corrected chi connectivity index (χ2v) is 9.31. The van der Waals surface area contributed by atoms with Gasteiger partial charge in [0.15, 0.2) is 0 Å². The van der Waals surface area contributed by atoms with Crippen LogP contribution in [0.25, 0.3) is 10.2 Å². The van der Waals surface area contributed by atoms with E-state index < -0.39 is 0 Å². The third kappa shape index (κ3) is 4.42. The van der Waals surface area contributed by atoms with Gasteiger partial charge >= 0.3 is 0 Å². The summed E-state index contributed by atoms with van der Waals surface area (Å²) in [4.78, 5) is 31.9. The van der Waals surface area contributed by atoms with Crippen LogP contribution < -0.4 is 16.2 Å². The van der Waals surface area contributed by atoms with E-state index in [-0.39, 0.29) is 29.3 Å². The fourth-order valence-electron chi connectivity index (χ4n) is 4.17. The van der Waals surface area contributed by atoms with Crippen LogP contribution in [-0.2, 0) is 24.2 Å². The first-order chi connectivity index (χ1) is 13.1. The summed E-state index contributed by atoms with van der Waals surface area (Å²) in [6, 6.07) is 0. The minimum atomic E-state index is 0. The number of amides is 1. The molecule has 0 radical (unpaired) electrons. The number of carbonyl (C=O) groups is 1. The molecule has 2 aromatic rings. The average molecular weight is 425 g/mol. The number of halogens is 1. The number of hydrogen-bond acceptors (Lipinski definition) is 5. The highest BCUT2D eigenvalue weighted by Gasteiger charge is 2.27. The van der Waals surface area contributed by atoms with E-state index in [9.17, 15) is 9.59 Å². The Labute approximate surface area is 175 Å². The fraction of sp³-hybridized carbons (Fsp3) is 0.650. The Morgan fingerprint density at radius 3 is 2.86 bits per heavy atom. The predicted octanol–water partition coefficient (Wildman–Crippen LogP) is 2.65. The van der Waals surface area contributed by atoms with Crippen LogP contribution in [0.1, 0.15) is 49.5 Å². The zero-order chi connectivity index (χ0) is 18.9. The average Bonchev–Trinajstić information content (AvgIpc) is 3.06. The van der Waals surface area contributed by atoms with Crippen molar-refractivity contribution >= 4 is 39.9 Å². The maximum absolute atomic E-state index is 12.9. The Balaban J connectivity index is 0.00000225. The first-order valence-electron chi connectivity index (χ1n) is 10.0. The van der Waals surface area contributed by atoms with Gasteiger partial charge in [-0.05, 0) is 62.6 Å². The zero-order valence-electron chi connectivity index (χ0n) is 16.4. The van der Waals surface area contributed by atoms with Crippen LogP contribution in [0.5, 0.6) is 0 Å². The highest BCUT2D eigenvalue weighted by atomic mass is 35.5. The third-order valence-electron chi connectivity index (χ3n) is 6.04. The molecule has 0 saturated carbocycles. The molecule has 6 nitrogen and oxygen atoms in total. The van der Waals surface area contributed by atoms with E-state index in [4.69, 9.17) is 0 Å². The van der Waals surface area contributed by atoms with Crippen LogP contribution in [0.4, 0.5) is 0 Å². The second kappa shape index (κ2) is 8.93. The van der Waals surface area contributed by atoms with Crippen molar-refractivity contribution in [2.45, 2.75) is 58.4 Å². The lowest BCUT2D eigenvalue weighted by molar-refractivity contribution is -0.121. The van der Waals surface area contributed by atoms with Crippen LogP contribution >= 0.6 is 23.7 Å². The Morgan fingerprint density at radius 2 is 2.07 bits per heavy atom. The summed E-state index contributed by atoms with van der Waals surface area (Å²) in [6.07, 6.45) is 8.46. The lowest BCUT2D eigenvalue weighted by atomic mass is 9.81. The first-order valence-corrected chi connectivity index (χ1v) is 10.8. The number of nitrogens with one attached hydrogen (secondary N) is 2. The van der Waals surface area contributed by atoms with Crippen molar-refractivity contribution in [3.63, 3.8) is 0 Å². The minimum absolute atomic E-state index is 0. The molecule has 0 unspecified atom stereocenters. The zero-order valence-corrected chi connectivity index (χ0v) is 18.0. The van der Waals surface area contributed by atoms with Crippen molar-refractivity contribution in [1.82, 2.24) is 20.2 Å². The molecule has 2 aromatic heterocycles. The number of nitrogens with zero attached hydrogens (tertiary/aromatic N) is 2. The van der Waals surface area contributed by atoms with Gasteiger partial charge in [0, 0.05) is 24.4 Å². The number of rotatable bonds is 5. The van der Waals surface area contributed by atoms with E-state index in [1.807, 2.05) is 0 Å². The number of fused-ring (bicyclic) bond motifs is 3. The summed E-state index contributed by atoms with van der Waals surface area (Å²) in [5.74, 6) is 0.00843. The molecule has 0 atom stereocenters. The van der Waals surface area contributed by atoms with Gasteiger partial charge in [0.1, 0.15) is 4.83 Å². The SMILES string of the molecule is CC1(CNC(=O)CCn2cnc3sc4c(c3c2=O)CCCC4)CCNCC1.Cl. The normalized spacial score (nSPS) is 18.3. The van der Waals surface area contributed by atoms with E-state index in [2.05, 4.69) is 22.5 Å². The number of piperidine rings is 1. The largest absolute Gasteiger partial charge is 0.355 e. The molecule has 3 heterocycles. The molecule has 8 heteroatoms. The van der Waals surface area contributed by atoms with Crippen molar-refractivity contribution in [2.75, 3.05) is 19.6 Å². The molecule has 2 aliphatic rings. The Kier molecular flexibility index (Phi) is 6.78. The van der Waals surface area contributed by atoms with Gasteiger partial charge in [0.05, 0.1) is 11.7 Å². The molecular weight excluding hydrogens is 396 g/mol. The predicted molar refractivity (Wildman–Crippen MR) is 116 cm³/mol. The second-order valence-electron chi connectivity index (χ2n) is 8.22. The van der Waals surface area contributed by atoms with Gasteiger partial charge in [-0.25, -0.2) is 4.98 Å². The molecule has 0 bridgehead atoms. The van der Waals surface area contributed by atoms with Crippen molar-refractivity contribution in [3.05, 3.63) is 27.1 Å². The molecule has 2 N–H and O–H groups in total. The number of aromatic nitrogens is 2. The first kappa shape index (κ1) is 21.3. The molecular formula is C20H29ClN4O2S. The lowest BCUT2D eigenvalue weighted by Gasteiger charge is -2.34. The van der Waals surface area contributed by atoms with Gasteiger partial charge < -0.3 is 10.6 Å². The van der Waals surface area contributed by atoms with Crippen LogP contribution in [-0.4, -0.2) is 35.1 Å². The highest BCUT2D eigenvalue weighted by molar-refractivity contribution is 7.18. The Morgan fingerprint density at radius 1 is 1.32 bits per heavy atom. The summed E-state index contributed by atoms with van der Waals surface area (Å²) in [6.45, 7) is 5.35. The summed E-state index contributed by atoms with van der Waals surface area (Å²) in [5, 5.41) is 7.21. The summed E-state index contributed by atoms with van der Waals surface area (Å²) < 4.78 is 1.61. The molecule has 0 aromatic carbocycles. The van der Waals surface area contributed by atoms with Crippen LogP contribution in [0.3, 0.4) is 0 Å². The standard InChI is InChI=1S/C20H28N4O2S.ClH/c1-20(7-9-21-10-8-20)12-22-16(25)6-11-24-13-23-18-17(19(24)26)14-4-2-3-5-15(14)27-18;/h13,21H,2-12H2,1H3,(H,22,25);1H. The Bertz CT molecular complexity index is 901. The molecule has 1 aliphatic heterocycles. The molecule has 1 fully saturated rings. The van der Waals surface area contributed by atoms with E-state index in [1.54, 1.807) is 22.2 Å². The van der Waals surface area contributed by atoms with Gasteiger partial charge in [-0.1, -0.05) is 6.92 Å². The van der Waals surface area contributed by atoms with Crippen molar-refractivity contribution in [1.29, 1.82) is 0 Å². The lowest BCUT2D eigenvalue weighted by Crippen LogP contribution is -2.43. The molecule has 154 valence electrons. The maximum atomic E-state index is 12.9. The molecule has 4 rings (SSSR count). The van der Waals surface area contributed by atoms with Crippen molar-refractivity contribution < 1.29 is 4.79 Å². The van der Waals surface area contributed by atoms with Crippen molar-refractivity contribution in [3.8, 4) is 0 Å². The van der Waals surface area contributed by atoms with Gasteiger partial charge in [-0.15, -0.1) is 23.7 Å². The summed E-state index contributed by atoms with van der Waals surface area (Å²) >= 11 is 1.66. The molecule has 1 aliphatic carbocycles. The quantitative estimate of drug-likeness (QED) is 0.773. The third-order valence-corrected chi connectivity index (χ3v) is 7.24. The van der Waals surface area contributed by atoms with Crippen LogP contribution in [0.15, 0.2) is 11.1 Å². The highest BCUT2D eigenvalue weighted by Crippen LogP contribution is 2.33. The molecule has 28 heavy (non-hydrogen) atoms. The number of carbonyl (C=O) groups excluding carboxylic acids is 1. The van der Waals surface area contributed by atoms with Gasteiger partial charge in [0.2, 0.25) is 5.91 Å². The van der Waals surface area contributed by atoms with E-state index >= 15 is 0 Å². The smallest absolute Gasteiger partial charge is 0.262 e. The molecule has 1 saturated heterocycles. The summed E-state index contributed by atoms with van der Waals surface area (Å²) in [5.41, 5.74) is 1.39. The summed E-state index contributed by atoms with van der Waals surface area (Å²) in [7, 11) is 0. The van der Waals surface area contributed by atoms with E-state index in [0.29, 0.717) is 19.5 Å². The van der Waals surface area contributed by atoms with Crippen LogP contribution in [0, 0.1) is 5.41 Å². The monoisotopic (exact) mass is 424 g/mol. The van der Waals surface area contributed by atoms with Gasteiger partial charge in [-0.2, -0.15) is 0 Å². The number of aryl methyl sites for hydroxylation is 3. The number of thiophene rings is 1. The Hall–Kier alpha value is -1.44. The van der Waals surface area contributed by atoms with Crippen LogP contribution in [0.2, 0.25) is 0 Å². The molecule has 0 spiro atoms. The van der Waals surface area contributed by atoms with Gasteiger partial charge in [0.25, 0.3) is 5.56 Å². The fourth-order valence-corrected chi connectivity index (χ4v) is 5.39. The van der Waals surface area contributed by atoms with E-state index in [1.165, 1.54) is 16.9 Å². The van der Waals surface area contributed by atoms with Gasteiger partial charge in [-0.3, -0.25) is 14.2 Å². The maximum Gasteiger partial charge on any atom is 0.262 e. The van der Waals surface area contributed by atoms with E-state index in [0.717, 1.165) is 55.4 Å². The van der Waals surface area contributed by atoms with Crippen molar-refractivity contribution in [2.24, 2.45) is 5.41 Å². The minimum Gasteiger partial charge on any atom is -0.355 e. The number of hydrogen-bond donors (Lipinski definition) is 2.